The number of halogens is 1. The van der Waals surface area contributed by atoms with Crippen LogP contribution in [0.25, 0.3) is 0 Å². The molecule has 0 aliphatic carbocycles. The summed E-state index contributed by atoms with van der Waals surface area (Å²) in [5.74, 6) is -0.880. The maximum Gasteiger partial charge on any atom is 0.329 e. The van der Waals surface area contributed by atoms with Gasteiger partial charge in [-0.15, -0.1) is 6.58 Å². The zero-order valence-electron chi connectivity index (χ0n) is 13.9. The molecule has 0 aliphatic heterocycles. The van der Waals surface area contributed by atoms with Crippen molar-refractivity contribution in [2.75, 3.05) is 6.54 Å². The van der Waals surface area contributed by atoms with Crippen LogP contribution in [0.2, 0.25) is 0 Å². The SMILES string of the molecule is C=CCNC(=O)C(=O)N/N=C/c1ccc(OCc2ccc(Br)cc2)cc1. The summed E-state index contributed by atoms with van der Waals surface area (Å²) in [4.78, 5) is 22.8. The number of hydrogen-bond donors (Lipinski definition) is 2. The van der Waals surface area contributed by atoms with Crippen LogP contribution in [0.3, 0.4) is 0 Å². The molecule has 134 valence electrons. The lowest BCUT2D eigenvalue weighted by molar-refractivity contribution is -0.139. The molecule has 0 unspecified atom stereocenters. The first kappa shape index (κ1) is 19.4. The van der Waals surface area contributed by atoms with E-state index in [2.05, 4.69) is 38.4 Å². The lowest BCUT2D eigenvalue weighted by Crippen LogP contribution is -2.37. The molecule has 0 aliphatic rings. The second kappa shape index (κ2) is 10.1. The molecular formula is C19H18BrN3O3. The molecule has 2 rings (SSSR count). The molecule has 2 amide bonds. The van der Waals surface area contributed by atoms with E-state index in [-0.39, 0.29) is 6.54 Å². The quantitative estimate of drug-likeness (QED) is 0.315. The Morgan fingerprint density at radius 1 is 1.08 bits per heavy atom. The highest BCUT2D eigenvalue weighted by Crippen LogP contribution is 2.15. The summed E-state index contributed by atoms with van der Waals surface area (Å²) < 4.78 is 6.73. The van der Waals surface area contributed by atoms with Gasteiger partial charge >= 0.3 is 11.8 Å². The summed E-state index contributed by atoms with van der Waals surface area (Å²) in [6.45, 7) is 4.14. The molecule has 0 fully saturated rings. The van der Waals surface area contributed by atoms with Crippen molar-refractivity contribution in [3.05, 3.63) is 76.8 Å². The van der Waals surface area contributed by atoms with Gasteiger partial charge < -0.3 is 10.1 Å². The maximum absolute atomic E-state index is 11.4. The van der Waals surface area contributed by atoms with Gasteiger partial charge in [0.05, 0.1) is 6.21 Å². The predicted octanol–water partition coefficient (Wildman–Crippen LogP) is 2.78. The van der Waals surface area contributed by atoms with Crippen molar-refractivity contribution in [2.45, 2.75) is 6.61 Å². The van der Waals surface area contributed by atoms with Gasteiger partial charge in [-0.25, -0.2) is 5.43 Å². The number of carbonyl (C=O) groups is 2. The molecule has 2 aromatic carbocycles. The Kier molecular flexibility index (Phi) is 7.57. The van der Waals surface area contributed by atoms with E-state index < -0.39 is 11.8 Å². The van der Waals surface area contributed by atoms with Crippen LogP contribution in [-0.4, -0.2) is 24.6 Å². The van der Waals surface area contributed by atoms with Crippen LogP contribution in [0.5, 0.6) is 5.75 Å². The lowest BCUT2D eigenvalue weighted by Gasteiger charge is -2.06. The molecule has 0 saturated heterocycles. The summed E-state index contributed by atoms with van der Waals surface area (Å²) in [5, 5.41) is 6.10. The second-order valence-electron chi connectivity index (χ2n) is 5.18. The molecule has 0 atom stereocenters. The summed E-state index contributed by atoms with van der Waals surface area (Å²) in [6.07, 6.45) is 2.92. The highest BCUT2D eigenvalue weighted by molar-refractivity contribution is 9.10. The van der Waals surface area contributed by atoms with E-state index in [1.807, 2.05) is 24.3 Å². The van der Waals surface area contributed by atoms with Crippen LogP contribution < -0.4 is 15.5 Å². The standard InChI is InChI=1S/C19H18BrN3O3/c1-2-11-21-18(24)19(25)23-22-12-14-5-9-17(10-6-14)26-13-15-3-7-16(20)8-4-15/h2-10,12H,1,11,13H2,(H,21,24)(H,23,25)/b22-12+. The van der Waals surface area contributed by atoms with E-state index >= 15 is 0 Å². The average molecular weight is 416 g/mol. The first-order valence-corrected chi connectivity index (χ1v) is 8.57. The van der Waals surface area contributed by atoms with Gasteiger partial charge in [0.15, 0.2) is 0 Å². The van der Waals surface area contributed by atoms with Crippen molar-refractivity contribution < 1.29 is 14.3 Å². The van der Waals surface area contributed by atoms with E-state index in [4.69, 9.17) is 4.74 Å². The number of amides is 2. The Morgan fingerprint density at radius 2 is 1.77 bits per heavy atom. The molecular weight excluding hydrogens is 398 g/mol. The summed E-state index contributed by atoms with van der Waals surface area (Å²) in [6, 6.07) is 15.1. The van der Waals surface area contributed by atoms with E-state index in [9.17, 15) is 9.59 Å². The minimum atomic E-state index is -0.836. The topological polar surface area (TPSA) is 79.8 Å². The third-order valence-corrected chi connectivity index (χ3v) is 3.72. The van der Waals surface area contributed by atoms with Gasteiger partial charge in [0.2, 0.25) is 0 Å². The number of hydrogen-bond acceptors (Lipinski definition) is 4. The number of carbonyl (C=O) groups excluding carboxylic acids is 2. The van der Waals surface area contributed by atoms with Crippen LogP contribution in [0.1, 0.15) is 11.1 Å². The third kappa shape index (κ3) is 6.52. The Bertz CT molecular complexity index is 787. The number of hydrazone groups is 1. The molecule has 0 radical (unpaired) electrons. The maximum atomic E-state index is 11.4. The van der Waals surface area contributed by atoms with Crippen molar-refractivity contribution in [3.8, 4) is 5.75 Å². The molecule has 0 heterocycles. The van der Waals surface area contributed by atoms with Crippen molar-refractivity contribution in [1.82, 2.24) is 10.7 Å². The molecule has 0 spiro atoms. The van der Waals surface area contributed by atoms with Crippen molar-refractivity contribution in [1.29, 1.82) is 0 Å². The first-order valence-electron chi connectivity index (χ1n) is 7.78. The van der Waals surface area contributed by atoms with Crippen molar-refractivity contribution in [2.24, 2.45) is 5.10 Å². The fourth-order valence-electron chi connectivity index (χ4n) is 1.86. The van der Waals surface area contributed by atoms with Crippen molar-refractivity contribution >= 4 is 34.0 Å². The number of ether oxygens (including phenoxy) is 1. The number of benzene rings is 2. The zero-order chi connectivity index (χ0) is 18.8. The lowest BCUT2D eigenvalue weighted by atomic mass is 10.2. The molecule has 0 saturated carbocycles. The third-order valence-electron chi connectivity index (χ3n) is 3.19. The molecule has 6 nitrogen and oxygen atoms in total. The molecule has 26 heavy (non-hydrogen) atoms. The highest BCUT2D eigenvalue weighted by atomic mass is 79.9. The van der Waals surface area contributed by atoms with Crippen LogP contribution in [0.4, 0.5) is 0 Å². The van der Waals surface area contributed by atoms with E-state index in [0.29, 0.717) is 6.61 Å². The fourth-order valence-corrected chi connectivity index (χ4v) is 2.12. The van der Waals surface area contributed by atoms with Crippen LogP contribution in [0.15, 0.2) is 70.8 Å². The summed E-state index contributed by atoms with van der Waals surface area (Å²) in [5.41, 5.74) is 3.98. The first-order chi connectivity index (χ1) is 12.6. The van der Waals surface area contributed by atoms with Gasteiger partial charge in [0, 0.05) is 11.0 Å². The predicted molar refractivity (Wildman–Crippen MR) is 104 cm³/mol. The van der Waals surface area contributed by atoms with Crippen molar-refractivity contribution in [3.63, 3.8) is 0 Å². The van der Waals surface area contributed by atoms with E-state index in [1.54, 1.807) is 24.3 Å². The van der Waals surface area contributed by atoms with Gasteiger partial charge in [-0.2, -0.15) is 5.10 Å². The average Bonchev–Trinajstić information content (AvgIpc) is 2.66. The molecule has 2 N–H and O–H groups in total. The molecule has 7 heteroatoms. The van der Waals surface area contributed by atoms with Gasteiger partial charge in [-0.1, -0.05) is 34.1 Å². The minimum Gasteiger partial charge on any atom is -0.489 e. The Labute approximate surface area is 160 Å². The van der Waals surface area contributed by atoms with E-state index in [0.717, 1.165) is 21.3 Å². The van der Waals surface area contributed by atoms with Crippen LogP contribution in [0, 0.1) is 0 Å². The highest BCUT2D eigenvalue weighted by Gasteiger charge is 2.10. The largest absolute Gasteiger partial charge is 0.489 e. The monoisotopic (exact) mass is 415 g/mol. The number of rotatable bonds is 7. The van der Waals surface area contributed by atoms with Crippen LogP contribution >= 0.6 is 15.9 Å². The number of nitrogens with one attached hydrogen (secondary N) is 2. The molecule has 0 bridgehead atoms. The van der Waals surface area contributed by atoms with Gasteiger partial charge in [0.25, 0.3) is 0 Å². The van der Waals surface area contributed by atoms with E-state index in [1.165, 1.54) is 12.3 Å². The Balaban J connectivity index is 1.81. The minimum absolute atomic E-state index is 0.220. The second-order valence-corrected chi connectivity index (χ2v) is 6.10. The smallest absolute Gasteiger partial charge is 0.329 e. The summed E-state index contributed by atoms with van der Waals surface area (Å²) >= 11 is 3.39. The van der Waals surface area contributed by atoms with Gasteiger partial charge in [-0.3, -0.25) is 9.59 Å². The van der Waals surface area contributed by atoms with Gasteiger partial charge in [0.1, 0.15) is 12.4 Å². The molecule has 0 aromatic heterocycles. The Hall–Kier alpha value is -2.93. The zero-order valence-corrected chi connectivity index (χ0v) is 15.5. The normalized spacial score (nSPS) is 10.3. The summed E-state index contributed by atoms with van der Waals surface area (Å²) in [7, 11) is 0. The molecule has 2 aromatic rings. The Morgan fingerprint density at radius 3 is 2.42 bits per heavy atom. The number of nitrogens with zero attached hydrogens (tertiary/aromatic N) is 1. The van der Waals surface area contributed by atoms with Gasteiger partial charge in [-0.05, 0) is 47.5 Å². The van der Waals surface area contributed by atoms with Crippen LogP contribution in [-0.2, 0) is 16.2 Å². The fraction of sp³-hybridized carbons (Fsp3) is 0.105.